The van der Waals surface area contributed by atoms with Crippen molar-refractivity contribution in [2.24, 2.45) is 17.6 Å². The molecule has 3 nitrogen and oxygen atoms in total. The molecule has 0 aliphatic heterocycles. The maximum absolute atomic E-state index is 11.0. The summed E-state index contributed by atoms with van der Waals surface area (Å²) in [6, 6.07) is 0. The number of esters is 1. The maximum Gasteiger partial charge on any atom is 0.309 e. The lowest BCUT2D eigenvalue weighted by atomic mass is 10.2. The average molecular weight is 159 g/mol. The molecule has 0 aromatic carbocycles. The molecule has 0 radical (unpaired) electrons. The molecule has 0 bridgehead atoms. The first-order valence-electron chi connectivity index (χ1n) is 3.94. The van der Waals surface area contributed by atoms with Crippen LogP contribution in [0.25, 0.3) is 0 Å². The van der Waals surface area contributed by atoms with E-state index in [-0.39, 0.29) is 11.9 Å². The van der Waals surface area contributed by atoms with E-state index in [0.717, 1.165) is 0 Å². The molecule has 0 saturated carbocycles. The Morgan fingerprint density at radius 1 is 1.45 bits per heavy atom. The van der Waals surface area contributed by atoms with E-state index in [2.05, 4.69) is 0 Å². The lowest BCUT2D eigenvalue weighted by molar-refractivity contribution is -0.148. The number of carbonyl (C=O) groups excluding carboxylic acids is 1. The molecule has 0 rings (SSSR count). The quantitative estimate of drug-likeness (QED) is 0.617. The highest BCUT2D eigenvalue weighted by Gasteiger charge is 2.11. The molecule has 66 valence electrons. The zero-order chi connectivity index (χ0) is 8.85. The lowest BCUT2D eigenvalue weighted by Gasteiger charge is -2.10. The van der Waals surface area contributed by atoms with Gasteiger partial charge in [0.2, 0.25) is 0 Å². The van der Waals surface area contributed by atoms with Crippen LogP contribution in [0.5, 0.6) is 0 Å². The molecule has 1 unspecified atom stereocenters. The van der Waals surface area contributed by atoms with Crippen LogP contribution in [0.1, 0.15) is 20.8 Å². The number of carbonyl (C=O) groups is 1. The van der Waals surface area contributed by atoms with Gasteiger partial charge < -0.3 is 10.5 Å². The molecule has 0 heterocycles. The van der Waals surface area contributed by atoms with E-state index in [1.165, 1.54) is 0 Å². The van der Waals surface area contributed by atoms with E-state index >= 15 is 0 Å². The minimum atomic E-state index is -0.193. The van der Waals surface area contributed by atoms with Gasteiger partial charge in [-0.05, 0) is 5.92 Å². The Morgan fingerprint density at radius 3 is 2.36 bits per heavy atom. The molecule has 0 saturated heterocycles. The van der Waals surface area contributed by atoms with E-state index in [4.69, 9.17) is 10.5 Å². The van der Waals surface area contributed by atoms with Gasteiger partial charge in [-0.2, -0.15) is 0 Å². The van der Waals surface area contributed by atoms with Crippen molar-refractivity contribution < 1.29 is 9.53 Å². The lowest BCUT2D eigenvalue weighted by Crippen LogP contribution is -2.24. The van der Waals surface area contributed by atoms with Gasteiger partial charge in [0.05, 0.1) is 12.5 Å². The largest absolute Gasteiger partial charge is 0.465 e. The average Bonchev–Trinajstić information content (AvgIpc) is 1.98. The van der Waals surface area contributed by atoms with Crippen molar-refractivity contribution in [3.8, 4) is 0 Å². The third-order valence-electron chi connectivity index (χ3n) is 1.31. The zero-order valence-corrected chi connectivity index (χ0v) is 7.46. The fraction of sp³-hybridized carbons (Fsp3) is 0.875. The fourth-order valence-corrected chi connectivity index (χ4v) is 0.487. The van der Waals surface area contributed by atoms with Crippen molar-refractivity contribution in [1.82, 2.24) is 0 Å². The summed E-state index contributed by atoms with van der Waals surface area (Å²) in [5.41, 5.74) is 5.28. The highest BCUT2D eigenvalue weighted by Crippen LogP contribution is 1.99. The van der Waals surface area contributed by atoms with Crippen molar-refractivity contribution >= 4 is 5.97 Å². The fourth-order valence-electron chi connectivity index (χ4n) is 0.487. The van der Waals surface area contributed by atoms with Gasteiger partial charge in [-0.15, -0.1) is 0 Å². The summed E-state index contributed by atoms with van der Waals surface area (Å²) in [5.74, 6) is 0.0267. The van der Waals surface area contributed by atoms with Gasteiger partial charge in [-0.25, -0.2) is 0 Å². The Balaban J connectivity index is 3.52. The van der Waals surface area contributed by atoms with Gasteiger partial charge >= 0.3 is 5.97 Å². The first-order chi connectivity index (χ1) is 5.07. The minimum absolute atomic E-state index is 0.172. The van der Waals surface area contributed by atoms with Gasteiger partial charge in [0, 0.05) is 6.54 Å². The molecule has 3 heteroatoms. The molecule has 0 amide bonds. The number of rotatable bonds is 4. The number of hydrogen-bond acceptors (Lipinski definition) is 3. The predicted octanol–water partition coefficient (Wildman–Crippen LogP) is 0.780. The predicted molar refractivity (Wildman–Crippen MR) is 44.0 cm³/mol. The second-order valence-corrected chi connectivity index (χ2v) is 3.16. The topological polar surface area (TPSA) is 52.3 Å². The summed E-state index contributed by atoms with van der Waals surface area (Å²) in [7, 11) is 0. The van der Waals surface area contributed by atoms with E-state index < -0.39 is 0 Å². The summed E-state index contributed by atoms with van der Waals surface area (Å²) in [4.78, 5) is 11.0. The van der Waals surface area contributed by atoms with Crippen LogP contribution in [0, 0.1) is 11.8 Å². The van der Waals surface area contributed by atoms with Crippen LogP contribution in [0.15, 0.2) is 0 Å². The number of nitrogens with two attached hydrogens (primary N) is 1. The summed E-state index contributed by atoms with van der Waals surface area (Å²) in [5, 5.41) is 0. The van der Waals surface area contributed by atoms with Crippen LogP contribution in [-0.2, 0) is 9.53 Å². The molecule has 0 aliphatic rings. The van der Waals surface area contributed by atoms with Crippen molar-refractivity contribution in [1.29, 1.82) is 0 Å². The number of hydrogen-bond donors (Lipinski definition) is 1. The highest BCUT2D eigenvalue weighted by atomic mass is 16.5. The van der Waals surface area contributed by atoms with Crippen molar-refractivity contribution in [3.63, 3.8) is 0 Å². The third-order valence-corrected chi connectivity index (χ3v) is 1.31. The van der Waals surface area contributed by atoms with Gasteiger partial charge in [0.25, 0.3) is 0 Å². The van der Waals surface area contributed by atoms with Gasteiger partial charge in [-0.3, -0.25) is 4.79 Å². The van der Waals surface area contributed by atoms with Crippen LogP contribution in [0.3, 0.4) is 0 Å². The van der Waals surface area contributed by atoms with E-state index in [1.54, 1.807) is 6.92 Å². The Labute approximate surface area is 67.9 Å². The molecule has 0 spiro atoms. The Hall–Kier alpha value is -0.570. The monoisotopic (exact) mass is 159 g/mol. The standard InChI is InChI=1S/C8H17NO2/c1-6(2)5-11-8(10)7(3)4-9/h6-7H,4-5,9H2,1-3H3. The first kappa shape index (κ1) is 10.4. The second-order valence-electron chi connectivity index (χ2n) is 3.16. The van der Waals surface area contributed by atoms with Crippen molar-refractivity contribution in [3.05, 3.63) is 0 Å². The summed E-state index contributed by atoms with van der Waals surface area (Å²) < 4.78 is 4.94. The molecule has 0 aliphatic carbocycles. The SMILES string of the molecule is CC(C)COC(=O)C(C)CN. The maximum atomic E-state index is 11.0. The van der Waals surface area contributed by atoms with Crippen molar-refractivity contribution in [2.45, 2.75) is 20.8 Å². The normalized spacial score (nSPS) is 13.2. The van der Waals surface area contributed by atoms with Gasteiger partial charge in [0.15, 0.2) is 0 Å². The van der Waals surface area contributed by atoms with Crippen LogP contribution < -0.4 is 5.73 Å². The smallest absolute Gasteiger partial charge is 0.309 e. The number of ether oxygens (including phenoxy) is 1. The minimum Gasteiger partial charge on any atom is -0.465 e. The second kappa shape index (κ2) is 5.13. The molecule has 2 N–H and O–H groups in total. The van der Waals surface area contributed by atoms with E-state index in [1.807, 2.05) is 13.8 Å². The molecular formula is C8H17NO2. The molecule has 0 aromatic rings. The van der Waals surface area contributed by atoms with E-state index in [0.29, 0.717) is 19.1 Å². The van der Waals surface area contributed by atoms with Gasteiger partial charge in [0.1, 0.15) is 0 Å². The third kappa shape index (κ3) is 4.79. The Morgan fingerprint density at radius 2 is 2.00 bits per heavy atom. The molecule has 1 atom stereocenters. The summed E-state index contributed by atoms with van der Waals surface area (Å²) >= 11 is 0. The van der Waals surface area contributed by atoms with Crippen LogP contribution >= 0.6 is 0 Å². The van der Waals surface area contributed by atoms with Crippen LogP contribution in [0.2, 0.25) is 0 Å². The molecule has 0 fully saturated rings. The van der Waals surface area contributed by atoms with Crippen LogP contribution in [0.4, 0.5) is 0 Å². The Kier molecular flexibility index (Phi) is 4.86. The van der Waals surface area contributed by atoms with Gasteiger partial charge in [-0.1, -0.05) is 20.8 Å². The Bertz CT molecular complexity index is 123. The molecule has 11 heavy (non-hydrogen) atoms. The van der Waals surface area contributed by atoms with Crippen molar-refractivity contribution in [2.75, 3.05) is 13.2 Å². The molecular weight excluding hydrogens is 142 g/mol. The van der Waals surface area contributed by atoms with E-state index in [9.17, 15) is 4.79 Å². The van der Waals surface area contributed by atoms with Crippen LogP contribution in [-0.4, -0.2) is 19.1 Å². The zero-order valence-electron chi connectivity index (χ0n) is 7.46. The molecule has 0 aromatic heterocycles. The first-order valence-corrected chi connectivity index (χ1v) is 3.94. The summed E-state index contributed by atoms with van der Waals surface area (Å²) in [6.07, 6.45) is 0. The summed E-state index contributed by atoms with van der Waals surface area (Å²) in [6.45, 7) is 6.61. The highest BCUT2D eigenvalue weighted by molar-refractivity contribution is 5.72.